The Balaban J connectivity index is 1.63. The molecule has 0 aliphatic carbocycles. The van der Waals surface area contributed by atoms with Crippen LogP contribution < -0.4 is 10.0 Å². The molecule has 2 amide bonds. The number of esters is 1. The number of hydrogen-bond acceptors (Lipinski definition) is 7. The average molecular weight is 456 g/mol. The number of sulfonamides is 1. The molecule has 10 heteroatoms. The number of furan rings is 1. The van der Waals surface area contributed by atoms with Crippen LogP contribution in [0.5, 0.6) is 0 Å². The van der Waals surface area contributed by atoms with E-state index in [9.17, 15) is 22.8 Å². The molecule has 0 spiro atoms. The molecule has 0 radical (unpaired) electrons. The lowest BCUT2D eigenvalue weighted by molar-refractivity contribution is -0.123. The van der Waals surface area contributed by atoms with Crippen LogP contribution in [0.3, 0.4) is 0 Å². The monoisotopic (exact) mass is 456 g/mol. The molecule has 166 valence electrons. The van der Waals surface area contributed by atoms with Gasteiger partial charge in [0.25, 0.3) is 11.8 Å². The fourth-order valence-electron chi connectivity index (χ4n) is 2.72. The summed E-state index contributed by atoms with van der Waals surface area (Å²) in [5, 5.41) is 2.01. The molecule has 1 heterocycles. The minimum atomic E-state index is -3.91. The van der Waals surface area contributed by atoms with Crippen LogP contribution in [-0.4, -0.2) is 32.8 Å². The van der Waals surface area contributed by atoms with Gasteiger partial charge >= 0.3 is 5.97 Å². The maximum absolute atomic E-state index is 12.7. The van der Waals surface area contributed by atoms with E-state index in [0.717, 1.165) is 5.56 Å². The van der Waals surface area contributed by atoms with Crippen LogP contribution in [0.25, 0.3) is 0 Å². The van der Waals surface area contributed by atoms with Crippen LogP contribution in [0.2, 0.25) is 0 Å². The Labute approximate surface area is 184 Å². The van der Waals surface area contributed by atoms with E-state index in [2.05, 4.69) is 4.72 Å². The Morgan fingerprint density at radius 3 is 2.44 bits per heavy atom. The Morgan fingerprint density at radius 2 is 1.75 bits per heavy atom. The van der Waals surface area contributed by atoms with Crippen molar-refractivity contribution >= 4 is 27.8 Å². The van der Waals surface area contributed by atoms with Crippen molar-refractivity contribution in [1.29, 1.82) is 0 Å². The van der Waals surface area contributed by atoms with Crippen LogP contribution >= 0.6 is 0 Å². The maximum Gasteiger partial charge on any atom is 0.338 e. The van der Waals surface area contributed by atoms with Gasteiger partial charge in [-0.25, -0.2) is 17.9 Å². The molecule has 2 N–H and O–H groups in total. The zero-order valence-electron chi connectivity index (χ0n) is 17.0. The van der Waals surface area contributed by atoms with Gasteiger partial charge in [0.1, 0.15) is 0 Å². The molecule has 0 saturated carbocycles. The number of benzene rings is 2. The number of nitrogens with one attached hydrogen (secondary N) is 2. The van der Waals surface area contributed by atoms with Crippen LogP contribution in [0.4, 0.5) is 0 Å². The highest BCUT2D eigenvalue weighted by molar-refractivity contribution is 7.89. The summed E-state index contributed by atoms with van der Waals surface area (Å²) in [6.45, 7) is 0.953. The van der Waals surface area contributed by atoms with Gasteiger partial charge in [-0.3, -0.25) is 14.9 Å². The predicted octanol–water partition coefficient (Wildman–Crippen LogP) is 2.18. The molecule has 0 unspecified atom stereocenters. The lowest BCUT2D eigenvalue weighted by Gasteiger charge is -2.11. The zero-order valence-corrected chi connectivity index (χ0v) is 17.8. The second-order valence-corrected chi connectivity index (χ2v) is 8.46. The van der Waals surface area contributed by atoms with Crippen molar-refractivity contribution in [1.82, 2.24) is 10.0 Å². The number of aryl methyl sites for hydroxylation is 1. The standard InChI is InChI=1S/C22H20N2O7S/c1-15-9-10-17(12-19(15)32(28,29)23-13-16-6-3-2-4-7-16)22(27)31-14-20(25)24-21(26)18-8-5-11-30-18/h2-12,23H,13-14H2,1H3,(H,24,25,26). The molecule has 0 bridgehead atoms. The van der Waals surface area contributed by atoms with Crippen LogP contribution in [0.15, 0.2) is 76.2 Å². The van der Waals surface area contributed by atoms with Gasteiger partial charge in [-0.2, -0.15) is 0 Å². The Kier molecular flexibility index (Phi) is 7.18. The van der Waals surface area contributed by atoms with E-state index in [1.54, 1.807) is 31.2 Å². The number of carbonyl (C=O) groups excluding carboxylic acids is 3. The van der Waals surface area contributed by atoms with E-state index >= 15 is 0 Å². The van der Waals surface area contributed by atoms with Gasteiger partial charge in [0.15, 0.2) is 12.4 Å². The summed E-state index contributed by atoms with van der Waals surface area (Å²) in [6.07, 6.45) is 1.27. The predicted molar refractivity (Wildman–Crippen MR) is 113 cm³/mol. The summed E-state index contributed by atoms with van der Waals surface area (Å²) in [5.41, 5.74) is 1.16. The average Bonchev–Trinajstić information content (AvgIpc) is 3.32. The molecule has 0 aliphatic rings. The van der Waals surface area contributed by atoms with E-state index in [1.807, 2.05) is 11.4 Å². The fraction of sp³-hybridized carbons (Fsp3) is 0.136. The molecule has 3 aromatic rings. The van der Waals surface area contributed by atoms with Crippen molar-refractivity contribution < 1.29 is 32.0 Å². The van der Waals surface area contributed by atoms with Crippen molar-refractivity contribution in [2.45, 2.75) is 18.4 Å². The van der Waals surface area contributed by atoms with Crippen molar-refractivity contribution in [2.24, 2.45) is 0 Å². The first kappa shape index (κ1) is 22.9. The minimum Gasteiger partial charge on any atom is -0.459 e. The highest BCUT2D eigenvalue weighted by Gasteiger charge is 2.20. The fourth-order valence-corrected chi connectivity index (χ4v) is 4.00. The molecule has 9 nitrogen and oxygen atoms in total. The van der Waals surface area contributed by atoms with Gasteiger partial charge in [-0.15, -0.1) is 0 Å². The van der Waals surface area contributed by atoms with E-state index in [4.69, 9.17) is 9.15 Å². The van der Waals surface area contributed by atoms with Crippen molar-refractivity contribution in [3.05, 3.63) is 89.4 Å². The second-order valence-electron chi connectivity index (χ2n) is 6.72. The van der Waals surface area contributed by atoms with Crippen molar-refractivity contribution in [3.63, 3.8) is 0 Å². The number of carbonyl (C=O) groups is 3. The van der Waals surface area contributed by atoms with Gasteiger partial charge in [0.2, 0.25) is 10.0 Å². The molecule has 1 aromatic heterocycles. The minimum absolute atomic E-state index is 0.0548. The van der Waals surface area contributed by atoms with Gasteiger partial charge in [0.05, 0.1) is 16.7 Å². The number of amides is 2. The molecule has 0 atom stereocenters. The molecule has 32 heavy (non-hydrogen) atoms. The molecular formula is C22H20N2O7S. The lowest BCUT2D eigenvalue weighted by atomic mass is 10.1. The van der Waals surface area contributed by atoms with Gasteiger partial charge in [0, 0.05) is 6.54 Å². The third-order valence-electron chi connectivity index (χ3n) is 4.35. The van der Waals surface area contributed by atoms with Crippen LogP contribution in [0.1, 0.15) is 32.0 Å². The molecule has 0 aliphatic heterocycles. The van der Waals surface area contributed by atoms with Crippen LogP contribution in [0, 0.1) is 6.92 Å². The second kappa shape index (κ2) is 10.0. The van der Waals surface area contributed by atoms with E-state index in [0.29, 0.717) is 5.56 Å². The molecule has 3 rings (SSSR count). The third kappa shape index (κ3) is 5.90. The molecule has 0 fully saturated rings. The first-order valence-electron chi connectivity index (χ1n) is 9.45. The summed E-state index contributed by atoms with van der Waals surface area (Å²) in [5.74, 6) is -2.61. The lowest BCUT2D eigenvalue weighted by Crippen LogP contribution is -2.34. The molecule has 2 aromatic carbocycles. The highest BCUT2D eigenvalue weighted by Crippen LogP contribution is 2.18. The summed E-state index contributed by atoms with van der Waals surface area (Å²) in [6, 6.07) is 15.9. The maximum atomic E-state index is 12.7. The summed E-state index contributed by atoms with van der Waals surface area (Å²) in [7, 11) is -3.91. The largest absolute Gasteiger partial charge is 0.459 e. The van der Waals surface area contributed by atoms with Crippen molar-refractivity contribution in [3.8, 4) is 0 Å². The molecular weight excluding hydrogens is 436 g/mol. The Hall–Kier alpha value is -3.76. The SMILES string of the molecule is Cc1ccc(C(=O)OCC(=O)NC(=O)c2ccco2)cc1S(=O)(=O)NCc1ccccc1. The van der Waals surface area contributed by atoms with Gasteiger partial charge in [-0.05, 0) is 42.3 Å². The van der Waals surface area contributed by atoms with Crippen LogP contribution in [-0.2, 0) is 26.1 Å². The first-order chi connectivity index (χ1) is 15.3. The summed E-state index contributed by atoms with van der Waals surface area (Å²) < 4.78 is 37.7. The number of hydrogen-bond donors (Lipinski definition) is 2. The third-order valence-corrected chi connectivity index (χ3v) is 5.90. The number of rotatable bonds is 8. The first-order valence-corrected chi connectivity index (χ1v) is 10.9. The summed E-state index contributed by atoms with van der Waals surface area (Å²) >= 11 is 0. The van der Waals surface area contributed by atoms with Gasteiger partial charge in [-0.1, -0.05) is 36.4 Å². The Bertz CT molecular complexity index is 1220. The van der Waals surface area contributed by atoms with E-state index in [1.165, 1.54) is 36.6 Å². The smallest absolute Gasteiger partial charge is 0.338 e. The van der Waals surface area contributed by atoms with E-state index in [-0.39, 0.29) is 22.8 Å². The van der Waals surface area contributed by atoms with E-state index < -0.39 is 34.4 Å². The van der Waals surface area contributed by atoms with Crippen molar-refractivity contribution in [2.75, 3.05) is 6.61 Å². The topological polar surface area (TPSA) is 132 Å². The summed E-state index contributed by atoms with van der Waals surface area (Å²) in [4.78, 5) is 35.8. The number of imide groups is 1. The Morgan fingerprint density at radius 1 is 1.00 bits per heavy atom. The van der Waals surface area contributed by atoms with Gasteiger partial charge < -0.3 is 9.15 Å². The quantitative estimate of drug-likeness (QED) is 0.497. The zero-order chi connectivity index (χ0) is 23.1. The number of ether oxygens (including phenoxy) is 1. The normalized spacial score (nSPS) is 11.0. The highest BCUT2D eigenvalue weighted by atomic mass is 32.2. The molecule has 0 saturated heterocycles.